The summed E-state index contributed by atoms with van der Waals surface area (Å²) < 4.78 is 33.3. The molecule has 0 spiro atoms. The second kappa shape index (κ2) is 6.19. The zero-order valence-electron chi connectivity index (χ0n) is 10.9. The van der Waals surface area contributed by atoms with Gasteiger partial charge in [0.1, 0.15) is 0 Å². The molecule has 0 bridgehead atoms. The van der Waals surface area contributed by atoms with Gasteiger partial charge in [0.15, 0.2) is 0 Å². The lowest BCUT2D eigenvalue weighted by Crippen LogP contribution is -2.41. The average molecular weight is 384 g/mol. The van der Waals surface area contributed by atoms with E-state index in [1.165, 1.54) is 12.1 Å². The quantitative estimate of drug-likeness (QED) is 0.786. The molecule has 1 heterocycles. The smallest absolute Gasteiger partial charge is 0.242 e. The van der Waals surface area contributed by atoms with E-state index in [2.05, 4.69) is 20.7 Å². The first-order valence-corrected chi connectivity index (χ1v) is 8.83. The Morgan fingerprint density at radius 3 is 2.85 bits per heavy atom. The van der Waals surface area contributed by atoms with Crippen LogP contribution in [0.5, 0.6) is 0 Å². The predicted molar refractivity (Wildman–Crippen MR) is 82.3 cm³/mol. The van der Waals surface area contributed by atoms with Gasteiger partial charge in [0.2, 0.25) is 10.0 Å². The highest BCUT2D eigenvalue weighted by Crippen LogP contribution is 2.32. The Balaban J connectivity index is 2.26. The van der Waals surface area contributed by atoms with Gasteiger partial charge in [-0.05, 0) is 47.8 Å². The van der Waals surface area contributed by atoms with Gasteiger partial charge in [-0.2, -0.15) is 0 Å². The molecule has 1 aliphatic rings. The Kier molecular flexibility index (Phi) is 4.96. The fourth-order valence-electron chi connectivity index (χ4n) is 2.17. The first-order chi connectivity index (χ1) is 9.29. The van der Waals surface area contributed by atoms with Gasteiger partial charge in [0.05, 0.1) is 15.5 Å². The van der Waals surface area contributed by atoms with E-state index in [9.17, 15) is 8.42 Å². The Morgan fingerprint density at radius 2 is 2.20 bits per heavy atom. The van der Waals surface area contributed by atoms with Crippen LogP contribution < -0.4 is 10.5 Å². The summed E-state index contributed by atoms with van der Waals surface area (Å²) in [5, 5.41) is 0.284. The molecule has 0 saturated carbocycles. The zero-order valence-corrected chi connectivity index (χ0v) is 14.1. The van der Waals surface area contributed by atoms with E-state index >= 15 is 0 Å². The largest absolute Gasteiger partial charge is 0.398 e. The average Bonchev–Trinajstić information content (AvgIpc) is 2.33. The number of halogens is 2. The highest BCUT2D eigenvalue weighted by molar-refractivity contribution is 9.10. The fraction of sp³-hybridized carbons (Fsp3) is 0.500. The summed E-state index contributed by atoms with van der Waals surface area (Å²) in [5.74, 6) is 0. The lowest BCUT2D eigenvalue weighted by atomic mass is 10.1. The molecule has 112 valence electrons. The van der Waals surface area contributed by atoms with Crippen molar-refractivity contribution in [2.75, 3.05) is 12.3 Å². The van der Waals surface area contributed by atoms with E-state index in [-0.39, 0.29) is 22.1 Å². The minimum Gasteiger partial charge on any atom is -0.398 e. The molecule has 0 radical (unpaired) electrons. The van der Waals surface area contributed by atoms with Gasteiger partial charge in [0.25, 0.3) is 0 Å². The van der Waals surface area contributed by atoms with Crippen LogP contribution in [0.2, 0.25) is 5.02 Å². The Bertz CT molecular complexity index is 609. The number of anilines is 1. The van der Waals surface area contributed by atoms with E-state index in [1.807, 2.05) is 6.92 Å². The summed E-state index contributed by atoms with van der Waals surface area (Å²) in [6, 6.07) is 2.74. The van der Waals surface area contributed by atoms with Crippen molar-refractivity contribution in [3.8, 4) is 0 Å². The lowest BCUT2D eigenvalue weighted by molar-refractivity contribution is 0.0173. The third kappa shape index (κ3) is 3.65. The topological polar surface area (TPSA) is 81.4 Å². The summed E-state index contributed by atoms with van der Waals surface area (Å²) in [7, 11) is -3.68. The monoisotopic (exact) mass is 382 g/mol. The molecule has 2 unspecified atom stereocenters. The van der Waals surface area contributed by atoms with Crippen LogP contribution in [0.1, 0.15) is 19.8 Å². The maximum Gasteiger partial charge on any atom is 0.242 e. The standard InChI is InChI=1S/C12H16BrClN2O3S/c1-7-4-9(2-3-19-7)16-20(17,18)11-6-8(14)5-10(15)12(11)13/h5-7,9,16H,2-4,15H2,1H3. The number of hydrogen-bond acceptors (Lipinski definition) is 4. The number of ether oxygens (including phenoxy) is 1. The summed E-state index contributed by atoms with van der Waals surface area (Å²) >= 11 is 9.08. The molecule has 1 aliphatic heterocycles. The van der Waals surface area contributed by atoms with Crippen molar-refractivity contribution in [2.24, 2.45) is 0 Å². The number of nitrogens with one attached hydrogen (secondary N) is 1. The van der Waals surface area contributed by atoms with E-state index in [4.69, 9.17) is 22.1 Å². The third-order valence-corrected chi connectivity index (χ3v) is 6.04. The molecule has 1 aromatic carbocycles. The molecular formula is C12H16BrClN2O3S. The minimum absolute atomic E-state index is 0.0457. The van der Waals surface area contributed by atoms with Crippen LogP contribution in [0.4, 0.5) is 5.69 Å². The van der Waals surface area contributed by atoms with Crippen LogP contribution in [0.25, 0.3) is 0 Å². The molecule has 3 N–H and O–H groups in total. The van der Waals surface area contributed by atoms with Gasteiger partial charge >= 0.3 is 0 Å². The fourth-order valence-corrected chi connectivity index (χ4v) is 4.74. The maximum atomic E-state index is 12.4. The maximum absolute atomic E-state index is 12.4. The van der Waals surface area contributed by atoms with Crippen molar-refractivity contribution in [1.29, 1.82) is 0 Å². The van der Waals surface area contributed by atoms with Gasteiger partial charge < -0.3 is 10.5 Å². The summed E-state index contributed by atoms with van der Waals surface area (Å²) in [4.78, 5) is 0.0571. The van der Waals surface area contributed by atoms with E-state index in [0.29, 0.717) is 29.6 Å². The Morgan fingerprint density at radius 1 is 1.50 bits per heavy atom. The Hall–Kier alpha value is -0.340. The molecule has 1 saturated heterocycles. The van der Waals surface area contributed by atoms with Gasteiger partial charge in [-0.3, -0.25) is 0 Å². The van der Waals surface area contributed by atoms with Crippen LogP contribution in [-0.4, -0.2) is 27.2 Å². The molecule has 8 heteroatoms. The summed E-state index contributed by atoms with van der Waals surface area (Å²) in [5.41, 5.74) is 6.02. The highest BCUT2D eigenvalue weighted by Gasteiger charge is 2.27. The first kappa shape index (κ1) is 16.0. The van der Waals surface area contributed by atoms with E-state index in [0.717, 1.165) is 0 Å². The second-order valence-corrected chi connectivity index (χ2v) is 7.74. The Labute approximate surface area is 132 Å². The molecule has 2 rings (SSSR count). The molecule has 0 aliphatic carbocycles. The molecule has 5 nitrogen and oxygen atoms in total. The van der Waals surface area contributed by atoms with Crippen LogP contribution in [0.3, 0.4) is 0 Å². The minimum atomic E-state index is -3.68. The number of nitrogen functional groups attached to an aromatic ring is 1. The van der Waals surface area contributed by atoms with Crippen molar-refractivity contribution in [3.63, 3.8) is 0 Å². The van der Waals surface area contributed by atoms with E-state index < -0.39 is 10.0 Å². The highest BCUT2D eigenvalue weighted by atomic mass is 79.9. The number of nitrogens with two attached hydrogens (primary N) is 1. The molecule has 0 amide bonds. The van der Waals surface area contributed by atoms with Crippen molar-refractivity contribution in [2.45, 2.75) is 36.8 Å². The first-order valence-electron chi connectivity index (χ1n) is 6.18. The molecule has 1 fully saturated rings. The number of hydrogen-bond donors (Lipinski definition) is 2. The second-order valence-electron chi connectivity index (χ2n) is 4.83. The van der Waals surface area contributed by atoms with Crippen LogP contribution >= 0.6 is 27.5 Å². The van der Waals surface area contributed by atoms with Crippen LogP contribution in [0.15, 0.2) is 21.5 Å². The molecule has 2 atom stereocenters. The lowest BCUT2D eigenvalue weighted by Gasteiger charge is -2.27. The van der Waals surface area contributed by atoms with Crippen LogP contribution in [0, 0.1) is 0 Å². The van der Waals surface area contributed by atoms with Crippen molar-refractivity contribution in [1.82, 2.24) is 4.72 Å². The number of sulfonamides is 1. The van der Waals surface area contributed by atoms with Crippen molar-refractivity contribution < 1.29 is 13.2 Å². The molecular weight excluding hydrogens is 368 g/mol. The zero-order chi connectivity index (χ0) is 14.9. The van der Waals surface area contributed by atoms with Gasteiger partial charge in [-0.25, -0.2) is 13.1 Å². The number of rotatable bonds is 3. The van der Waals surface area contributed by atoms with Crippen molar-refractivity contribution >= 4 is 43.2 Å². The predicted octanol–water partition coefficient (Wildman–Crippen LogP) is 2.53. The van der Waals surface area contributed by atoms with Gasteiger partial charge in [-0.15, -0.1) is 0 Å². The van der Waals surface area contributed by atoms with Gasteiger partial charge in [0, 0.05) is 23.4 Å². The molecule has 0 aromatic heterocycles. The normalized spacial score (nSPS) is 23.8. The molecule has 1 aromatic rings. The summed E-state index contributed by atoms with van der Waals surface area (Å²) in [6.45, 7) is 2.47. The third-order valence-electron chi connectivity index (χ3n) is 3.13. The van der Waals surface area contributed by atoms with E-state index in [1.54, 1.807) is 0 Å². The SMILES string of the molecule is CC1CC(NS(=O)(=O)c2cc(Cl)cc(N)c2Br)CCO1. The summed E-state index contributed by atoms with van der Waals surface area (Å²) in [6.07, 6.45) is 1.34. The van der Waals surface area contributed by atoms with Crippen LogP contribution in [-0.2, 0) is 14.8 Å². The van der Waals surface area contributed by atoms with Crippen molar-refractivity contribution in [3.05, 3.63) is 21.6 Å². The molecule has 20 heavy (non-hydrogen) atoms. The number of benzene rings is 1. The van der Waals surface area contributed by atoms with Gasteiger partial charge in [-0.1, -0.05) is 11.6 Å².